The molecule has 0 atom stereocenters. The topological polar surface area (TPSA) is 81.2 Å². The van der Waals surface area contributed by atoms with Crippen LogP contribution in [0.1, 0.15) is 6.42 Å². The molecule has 2 aromatic carbocycles. The minimum absolute atomic E-state index is 0.128. The van der Waals surface area contributed by atoms with E-state index in [1.807, 2.05) is 24.3 Å². The van der Waals surface area contributed by atoms with E-state index >= 15 is 0 Å². The van der Waals surface area contributed by atoms with E-state index in [2.05, 4.69) is 15.5 Å². The second-order valence-electron chi connectivity index (χ2n) is 6.13. The number of rotatable bonds is 9. The van der Waals surface area contributed by atoms with Crippen molar-refractivity contribution in [1.29, 1.82) is 0 Å². The van der Waals surface area contributed by atoms with Crippen molar-refractivity contribution >= 4 is 18.1 Å². The SMILES string of the molecule is COc1ccc(-c2n[nH]c(=S)n2CCC(=O)NCCOc2ccc(F)cc2)cc1. The largest absolute Gasteiger partial charge is 0.497 e. The van der Waals surface area contributed by atoms with Crippen LogP contribution in [-0.2, 0) is 11.3 Å². The summed E-state index contributed by atoms with van der Waals surface area (Å²) in [7, 11) is 1.61. The molecule has 0 spiro atoms. The first-order chi connectivity index (χ1) is 14.1. The van der Waals surface area contributed by atoms with Crippen molar-refractivity contribution in [3.8, 4) is 22.9 Å². The highest BCUT2D eigenvalue weighted by atomic mass is 32.1. The highest BCUT2D eigenvalue weighted by Gasteiger charge is 2.11. The quantitative estimate of drug-likeness (QED) is 0.413. The molecule has 1 amide bonds. The lowest BCUT2D eigenvalue weighted by Gasteiger charge is -2.09. The first-order valence-electron chi connectivity index (χ1n) is 9.01. The van der Waals surface area contributed by atoms with Crippen molar-refractivity contribution in [2.75, 3.05) is 20.3 Å². The molecular weight excluding hydrogens is 395 g/mol. The fourth-order valence-electron chi connectivity index (χ4n) is 2.68. The molecule has 0 saturated heterocycles. The first kappa shape index (κ1) is 20.5. The number of hydrogen-bond donors (Lipinski definition) is 2. The van der Waals surface area contributed by atoms with Crippen LogP contribution >= 0.6 is 12.2 Å². The van der Waals surface area contributed by atoms with Gasteiger partial charge in [0.1, 0.15) is 23.9 Å². The van der Waals surface area contributed by atoms with Crippen molar-refractivity contribution in [3.05, 3.63) is 59.1 Å². The fraction of sp³-hybridized carbons (Fsp3) is 0.250. The number of carbonyl (C=O) groups is 1. The Kier molecular flexibility index (Phi) is 6.96. The lowest BCUT2D eigenvalue weighted by molar-refractivity contribution is -0.121. The molecule has 2 N–H and O–H groups in total. The molecule has 3 rings (SSSR count). The number of ether oxygens (including phenoxy) is 2. The maximum Gasteiger partial charge on any atom is 0.221 e. The van der Waals surface area contributed by atoms with Crippen LogP contribution in [0.2, 0.25) is 0 Å². The second kappa shape index (κ2) is 9.83. The monoisotopic (exact) mass is 416 g/mol. The van der Waals surface area contributed by atoms with Gasteiger partial charge in [-0.3, -0.25) is 14.5 Å². The number of methoxy groups -OCH3 is 1. The van der Waals surface area contributed by atoms with E-state index in [0.717, 1.165) is 11.3 Å². The number of hydrogen-bond acceptors (Lipinski definition) is 5. The molecule has 152 valence electrons. The molecule has 0 aliphatic rings. The Labute approximate surface area is 172 Å². The van der Waals surface area contributed by atoms with Gasteiger partial charge in [0.15, 0.2) is 10.6 Å². The molecule has 1 aromatic heterocycles. The summed E-state index contributed by atoms with van der Waals surface area (Å²) >= 11 is 5.28. The number of halogens is 1. The molecule has 0 fully saturated rings. The number of H-pyrrole nitrogens is 1. The second-order valence-corrected chi connectivity index (χ2v) is 6.52. The summed E-state index contributed by atoms with van der Waals surface area (Å²) < 4.78 is 25.7. The van der Waals surface area contributed by atoms with Gasteiger partial charge in [-0.05, 0) is 60.7 Å². The van der Waals surface area contributed by atoms with Crippen LogP contribution in [0, 0.1) is 10.6 Å². The zero-order valence-electron chi connectivity index (χ0n) is 15.9. The third kappa shape index (κ3) is 5.64. The molecule has 9 heteroatoms. The molecule has 0 radical (unpaired) electrons. The minimum atomic E-state index is -0.322. The van der Waals surface area contributed by atoms with Gasteiger partial charge in [-0.2, -0.15) is 5.10 Å². The Bertz CT molecular complexity index is 1000. The fourth-order valence-corrected chi connectivity index (χ4v) is 2.90. The molecular formula is C20H21FN4O3S. The van der Waals surface area contributed by atoms with E-state index in [1.54, 1.807) is 23.8 Å². The van der Waals surface area contributed by atoms with Crippen LogP contribution in [0.4, 0.5) is 4.39 Å². The van der Waals surface area contributed by atoms with Gasteiger partial charge in [0.25, 0.3) is 0 Å². The van der Waals surface area contributed by atoms with E-state index in [-0.39, 0.29) is 18.1 Å². The standard InChI is InChI=1S/C20H21FN4O3S/c1-27-16-6-2-14(3-7-16)19-23-24-20(29)25(19)12-10-18(26)22-11-13-28-17-8-4-15(21)5-9-17/h2-9H,10-13H2,1H3,(H,22,26)(H,24,29). The van der Waals surface area contributed by atoms with Crippen LogP contribution in [0.25, 0.3) is 11.4 Å². The summed E-state index contributed by atoms with van der Waals surface area (Å²) in [5, 5.41) is 9.82. The van der Waals surface area contributed by atoms with Crippen LogP contribution in [0.3, 0.4) is 0 Å². The minimum Gasteiger partial charge on any atom is -0.497 e. The highest BCUT2D eigenvalue weighted by Crippen LogP contribution is 2.21. The number of aromatic amines is 1. The number of amides is 1. The normalized spacial score (nSPS) is 10.6. The third-order valence-electron chi connectivity index (χ3n) is 4.18. The molecule has 0 saturated carbocycles. The molecule has 0 unspecified atom stereocenters. The van der Waals surface area contributed by atoms with Crippen LogP contribution in [0.15, 0.2) is 48.5 Å². The lowest BCUT2D eigenvalue weighted by atomic mass is 10.2. The number of nitrogens with one attached hydrogen (secondary N) is 2. The average molecular weight is 416 g/mol. The summed E-state index contributed by atoms with van der Waals surface area (Å²) in [5.41, 5.74) is 0.867. The van der Waals surface area contributed by atoms with Gasteiger partial charge < -0.3 is 14.8 Å². The Morgan fingerprint density at radius 1 is 1.17 bits per heavy atom. The summed E-state index contributed by atoms with van der Waals surface area (Å²) in [6.45, 7) is 1.03. The van der Waals surface area contributed by atoms with Crippen molar-refractivity contribution in [3.63, 3.8) is 0 Å². The summed E-state index contributed by atoms with van der Waals surface area (Å²) in [6, 6.07) is 13.2. The van der Waals surface area contributed by atoms with Gasteiger partial charge >= 0.3 is 0 Å². The Morgan fingerprint density at radius 3 is 2.55 bits per heavy atom. The number of carbonyl (C=O) groups excluding carboxylic acids is 1. The zero-order valence-corrected chi connectivity index (χ0v) is 16.7. The molecule has 1 heterocycles. The Hall–Kier alpha value is -3.20. The lowest BCUT2D eigenvalue weighted by Crippen LogP contribution is -2.28. The third-order valence-corrected chi connectivity index (χ3v) is 4.49. The molecule has 0 aliphatic heterocycles. The van der Waals surface area contributed by atoms with E-state index < -0.39 is 0 Å². The number of aromatic nitrogens is 3. The van der Waals surface area contributed by atoms with Crippen LogP contribution in [0.5, 0.6) is 11.5 Å². The summed E-state index contributed by atoms with van der Waals surface area (Å²) in [6.07, 6.45) is 0.244. The van der Waals surface area contributed by atoms with Crippen molar-refractivity contribution < 1.29 is 18.7 Å². The Morgan fingerprint density at radius 2 is 1.86 bits per heavy atom. The summed E-state index contributed by atoms with van der Waals surface area (Å²) in [4.78, 5) is 12.1. The predicted octanol–water partition coefficient (Wildman–Crippen LogP) is 3.34. The predicted molar refractivity (Wildman–Crippen MR) is 109 cm³/mol. The van der Waals surface area contributed by atoms with Gasteiger partial charge in [0.05, 0.1) is 13.7 Å². The van der Waals surface area contributed by atoms with Gasteiger partial charge in [-0.25, -0.2) is 4.39 Å². The van der Waals surface area contributed by atoms with Crippen LogP contribution in [-0.4, -0.2) is 40.9 Å². The molecule has 0 aliphatic carbocycles. The van der Waals surface area contributed by atoms with Gasteiger partial charge in [-0.1, -0.05) is 0 Å². The average Bonchev–Trinajstić information content (AvgIpc) is 3.11. The Balaban J connectivity index is 1.49. The number of benzene rings is 2. The zero-order chi connectivity index (χ0) is 20.6. The number of nitrogens with zero attached hydrogens (tertiary/aromatic N) is 2. The highest BCUT2D eigenvalue weighted by molar-refractivity contribution is 7.71. The van der Waals surface area contributed by atoms with E-state index in [9.17, 15) is 9.18 Å². The summed E-state index contributed by atoms with van der Waals surface area (Å²) in [5.74, 6) is 1.50. The van der Waals surface area contributed by atoms with E-state index in [4.69, 9.17) is 21.7 Å². The van der Waals surface area contributed by atoms with Crippen molar-refractivity contribution in [2.45, 2.75) is 13.0 Å². The van der Waals surface area contributed by atoms with E-state index in [1.165, 1.54) is 12.1 Å². The molecule has 3 aromatic rings. The van der Waals surface area contributed by atoms with Gasteiger partial charge in [0, 0.05) is 18.5 Å². The van der Waals surface area contributed by atoms with E-state index in [0.29, 0.717) is 36.0 Å². The van der Waals surface area contributed by atoms with Crippen molar-refractivity contribution in [1.82, 2.24) is 20.1 Å². The van der Waals surface area contributed by atoms with Crippen LogP contribution < -0.4 is 14.8 Å². The van der Waals surface area contributed by atoms with Gasteiger partial charge in [-0.15, -0.1) is 0 Å². The van der Waals surface area contributed by atoms with Gasteiger partial charge in [0.2, 0.25) is 5.91 Å². The maximum absolute atomic E-state index is 12.8. The molecule has 0 bridgehead atoms. The molecule has 29 heavy (non-hydrogen) atoms. The van der Waals surface area contributed by atoms with Crippen molar-refractivity contribution in [2.24, 2.45) is 0 Å². The molecule has 7 nitrogen and oxygen atoms in total. The maximum atomic E-state index is 12.8. The smallest absolute Gasteiger partial charge is 0.221 e. The first-order valence-corrected chi connectivity index (χ1v) is 9.42.